The number of carbonyl (C=O) groups excluding carboxylic acids is 4. The molecule has 0 saturated carbocycles. The quantitative estimate of drug-likeness (QED) is 0.485. The predicted molar refractivity (Wildman–Crippen MR) is 66.3 cm³/mol. The van der Waals surface area contributed by atoms with Gasteiger partial charge in [-0.3, -0.25) is 19.2 Å². The van der Waals surface area contributed by atoms with E-state index in [0.717, 1.165) is 0 Å². The molecule has 6 nitrogen and oxygen atoms in total. The van der Waals surface area contributed by atoms with E-state index in [0.29, 0.717) is 0 Å². The van der Waals surface area contributed by atoms with Gasteiger partial charge in [0.15, 0.2) is 0 Å². The summed E-state index contributed by atoms with van der Waals surface area (Å²) in [4.78, 5) is 43.8. The molecule has 0 spiro atoms. The van der Waals surface area contributed by atoms with Crippen molar-refractivity contribution in [2.24, 2.45) is 5.41 Å². The minimum Gasteiger partial charge on any atom is -0.465 e. The van der Waals surface area contributed by atoms with Crippen LogP contribution in [0, 0.1) is 5.41 Å². The highest BCUT2D eigenvalue weighted by Crippen LogP contribution is 2.16. The van der Waals surface area contributed by atoms with Crippen LogP contribution in [0.1, 0.15) is 40.5 Å². The van der Waals surface area contributed by atoms with Crippen LogP contribution in [0.3, 0.4) is 0 Å². The van der Waals surface area contributed by atoms with Gasteiger partial charge in [0.05, 0.1) is 13.2 Å². The largest absolute Gasteiger partial charge is 0.465 e. The minimum absolute atomic E-state index is 0.0342. The second-order valence-electron chi connectivity index (χ2n) is 5.24. The molecule has 0 rings (SSSR count). The zero-order chi connectivity index (χ0) is 15.1. The molecule has 6 heteroatoms. The lowest BCUT2D eigenvalue weighted by molar-refractivity contribution is -0.153. The van der Waals surface area contributed by atoms with Gasteiger partial charge in [0.1, 0.15) is 24.4 Å². The van der Waals surface area contributed by atoms with Crippen molar-refractivity contribution in [3.63, 3.8) is 0 Å². The van der Waals surface area contributed by atoms with Crippen LogP contribution in [0.5, 0.6) is 0 Å². The molecule has 19 heavy (non-hydrogen) atoms. The molecule has 0 saturated heterocycles. The van der Waals surface area contributed by atoms with Gasteiger partial charge in [-0.15, -0.1) is 0 Å². The summed E-state index contributed by atoms with van der Waals surface area (Å²) in [5.41, 5.74) is -0.571. The fourth-order valence-electron chi connectivity index (χ4n) is 1.10. The van der Waals surface area contributed by atoms with Gasteiger partial charge >= 0.3 is 11.9 Å². The van der Waals surface area contributed by atoms with E-state index in [1.165, 1.54) is 13.8 Å². The molecule has 0 aromatic carbocycles. The van der Waals surface area contributed by atoms with Gasteiger partial charge in [0.25, 0.3) is 0 Å². The van der Waals surface area contributed by atoms with Crippen LogP contribution in [0.25, 0.3) is 0 Å². The Hall–Kier alpha value is -1.72. The Morgan fingerprint density at radius 2 is 1.11 bits per heavy atom. The highest BCUT2D eigenvalue weighted by molar-refractivity contribution is 5.94. The number of hydrogen-bond acceptors (Lipinski definition) is 6. The molecule has 0 unspecified atom stereocenters. The zero-order valence-corrected chi connectivity index (χ0v) is 11.8. The molecule has 0 bridgehead atoms. The molecule has 0 fully saturated rings. The summed E-state index contributed by atoms with van der Waals surface area (Å²) < 4.78 is 9.83. The van der Waals surface area contributed by atoms with E-state index >= 15 is 0 Å². The molecule has 0 aromatic heterocycles. The third-order valence-electron chi connectivity index (χ3n) is 2.03. The lowest BCUT2D eigenvalue weighted by Crippen LogP contribution is -2.29. The number of carbonyl (C=O) groups is 4. The summed E-state index contributed by atoms with van der Waals surface area (Å²) in [5.74, 6) is -1.74. The monoisotopic (exact) mass is 272 g/mol. The maximum absolute atomic E-state index is 11.2. The van der Waals surface area contributed by atoms with Crippen LogP contribution in [0.4, 0.5) is 0 Å². The predicted octanol–water partition coefficient (Wildman–Crippen LogP) is 1.06. The zero-order valence-electron chi connectivity index (χ0n) is 11.8. The van der Waals surface area contributed by atoms with Gasteiger partial charge in [-0.2, -0.15) is 0 Å². The second-order valence-corrected chi connectivity index (χ2v) is 5.24. The molecule has 0 radical (unpaired) electrons. The van der Waals surface area contributed by atoms with E-state index in [1.807, 2.05) is 0 Å². The Balaban J connectivity index is 4.04. The van der Waals surface area contributed by atoms with Crippen molar-refractivity contribution in [1.29, 1.82) is 0 Å². The molecule has 0 heterocycles. The Morgan fingerprint density at radius 1 is 0.789 bits per heavy atom. The minimum atomic E-state index is -0.601. The average molecular weight is 272 g/mol. The van der Waals surface area contributed by atoms with Crippen molar-refractivity contribution in [2.75, 3.05) is 13.2 Å². The van der Waals surface area contributed by atoms with Crippen molar-refractivity contribution in [2.45, 2.75) is 40.5 Å². The Morgan fingerprint density at radius 3 is 1.37 bits per heavy atom. The van der Waals surface area contributed by atoms with Gasteiger partial charge in [0, 0.05) is 5.41 Å². The summed E-state index contributed by atoms with van der Waals surface area (Å²) in [5, 5.41) is 0. The molecule has 108 valence electrons. The first-order valence-electron chi connectivity index (χ1n) is 5.92. The van der Waals surface area contributed by atoms with Gasteiger partial charge < -0.3 is 9.47 Å². The van der Waals surface area contributed by atoms with Crippen LogP contribution < -0.4 is 0 Å². The van der Waals surface area contributed by atoms with E-state index in [1.54, 1.807) is 13.8 Å². The summed E-state index contributed by atoms with van der Waals surface area (Å²) in [6, 6.07) is 0. The topological polar surface area (TPSA) is 86.7 Å². The normalized spacial score (nSPS) is 10.7. The van der Waals surface area contributed by atoms with Crippen molar-refractivity contribution in [3.05, 3.63) is 0 Å². The van der Waals surface area contributed by atoms with Gasteiger partial charge in [0.2, 0.25) is 0 Å². The first-order valence-corrected chi connectivity index (χ1v) is 5.92. The number of hydrogen-bond donors (Lipinski definition) is 0. The summed E-state index contributed by atoms with van der Waals surface area (Å²) in [6.45, 7) is 6.16. The Bertz CT molecular complexity index is 335. The summed E-state index contributed by atoms with van der Waals surface area (Å²) >= 11 is 0. The van der Waals surface area contributed by atoms with E-state index in [2.05, 4.69) is 0 Å². The van der Waals surface area contributed by atoms with Gasteiger partial charge in [-0.1, -0.05) is 13.8 Å². The fraction of sp³-hybridized carbons (Fsp3) is 0.692. The molecular weight excluding hydrogens is 252 g/mol. The maximum atomic E-state index is 11.2. The van der Waals surface area contributed by atoms with Crippen molar-refractivity contribution in [3.8, 4) is 0 Å². The van der Waals surface area contributed by atoms with Crippen LogP contribution >= 0.6 is 0 Å². The Labute approximate surface area is 112 Å². The highest BCUT2D eigenvalue weighted by atomic mass is 16.5. The maximum Gasteiger partial charge on any atom is 0.313 e. The van der Waals surface area contributed by atoms with Gasteiger partial charge in [-0.25, -0.2) is 0 Å². The van der Waals surface area contributed by atoms with Crippen LogP contribution in [-0.2, 0) is 28.7 Å². The second kappa shape index (κ2) is 7.66. The van der Waals surface area contributed by atoms with Crippen molar-refractivity contribution < 1.29 is 28.7 Å². The van der Waals surface area contributed by atoms with E-state index < -0.39 is 17.4 Å². The van der Waals surface area contributed by atoms with Crippen LogP contribution in [-0.4, -0.2) is 36.7 Å². The summed E-state index contributed by atoms with van der Waals surface area (Å²) in [6.07, 6.45) is -0.527. The third kappa shape index (κ3) is 9.93. The smallest absolute Gasteiger partial charge is 0.313 e. The Kier molecular flexibility index (Phi) is 6.96. The molecule has 0 aliphatic rings. The number of esters is 2. The first kappa shape index (κ1) is 17.3. The van der Waals surface area contributed by atoms with Crippen molar-refractivity contribution in [1.82, 2.24) is 0 Å². The van der Waals surface area contributed by atoms with Crippen LogP contribution in [0.2, 0.25) is 0 Å². The third-order valence-corrected chi connectivity index (χ3v) is 2.03. The lowest BCUT2D eigenvalue weighted by Gasteiger charge is -2.23. The van der Waals surface area contributed by atoms with Gasteiger partial charge in [-0.05, 0) is 13.8 Å². The molecule has 0 aromatic rings. The molecule has 0 N–H and O–H groups in total. The average Bonchev–Trinajstić information content (AvgIpc) is 2.22. The molecule has 0 aliphatic carbocycles. The summed E-state index contributed by atoms with van der Waals surface area (Å²) in [7, 11) is 0. The van der Waals surface area contributed by atoms with E-state index in [9.17, 15) is 19.2 Å². The van der Waals surface area contributed by atoms with Crippen LogP contribution in [0.15, 0.2) is 0 Å². The number of Topliss-reactive ketones (excluding diaryl/α,β-unsaturated/α-hetero) is 2. The highest BCUT2D eigenvalue weighted by Gasteiger charge is 2.23. The van der Waals surface area contributed by atoms with E-state index in [4.69, 9.17) is 9.47 Å². The SMILES string of the molecule is CC(=O)CC(=O)OCC(C)(C)COC(=O)CC(C)=O. The molecule has 0 aliphatic heterocycles. The standard InChI is InChI=1S/C13H20O6/c1-9(14)5-11(16)18-7-13(3,4)8-19-12(17)6-10(2)15/h5-8H2,1-4H3. The van der Waals surface area contributed by atoms with Crippen molar-refractivity contribution >= 4 is 23.5 Å². The number of ketones is 2. The van der Waals surface area contributed by atoms with E-state index in [-0.39, 0.29) is 37.6 Å². The fourth-order valence-corrected chi connectivity index (χ4v) is 1.10. The first-order chi connectivity index (χ1) is 8.62. The molecule has 0 amide bonds. The lowest BCUT2D eigenvalue weighted by atomic mass is 9.96. The number of rotatable bonds is 8. The molecular formula is C13H20O6. The molecule has 0 atom stereocenters. The number of ether oxygens (including phenoxy) is 2.